The minimum atomic E-state index is -4.49. The maximum atomic E-state index is 12.6. The summed E-state index contributed by atoms with van der Waals surface area (Å²) in [4.78, 5) is 36.3. The second-order valence-electron chi connectivity index (χ2n) is 5.84. The average molecular weight is 390 g/mol. The van der Waals surface area contributed by atoms with Gasteiger partial charge in [-0.25, -0.2) is 4.68 Å². The molecule has 0 bridgehead atoms. The SMILES string of the molecule is NC(=O)c1nn(CC(=O)Nc2ccc(C(F)(F)F)cc2)c(=O)c2ccccc12. The molecule has 0 saturated heterocycles. The molecule has 10 heteroatoms. The highest BCUT2D eigenvalue weighted by atomic mass is 19.4. The van der Waals surface area contributed by atoms with Crippen LogP contribution in [0.4, 0.5) is 18.9 Å². The predicted octanol–water partition coefficient (Wildman–Crippen LogP) is 2.15. The van der Waals surface area contributed by atoms with Crippen LogP contribution in [0.25, 0.3) is 10.8 Å². The van der Waals surface area contributed by atoms with Gasteiger partial charge in [0.1, 0.15) is 6.54 Å². The Balaban J connectivity index is 1.86. The van der Waals surface area contributed by atoms with Gasteiger partial charge in [0, 0.05) is 11.1 Å². The van der Waals surface area contributed by atoms with E-state index < -0.39 is 35.7 Å². The Morgan fingerprint density at radius 3 is 2.21 bits per heavy atom. The van der Waals surface area contributed by atoms with E-state index >= 15 is 0 Å². The molecule has 0 aliphatic rings. The Morgan fingerprint density at radius 1 is 1.04 bits per heavy atom. The molecule has 144 valence electrons. The zero-order chi connectivity index (χ0) is 20.5. The molecule has 0 unspecified atom stereocenters. The summed E-state index contributed by atoms with van der Waals surface area (Å²) in [6, 6.07) is 9.99. The van der Waals surface area contributed by atoms with Crippen LogP contribution < -0.4 is 16.6 Å². The molecule has 1 heterocycles. The molecule has 0 atom stereocenters. The van der Waals surface area contributed by atoms with Gasteiger partial charge < -0.3 is 11.1 Å². The molecular formula is C18H13F3N4O3. The van der Waals surface area contributed by atoms with E-state index in [2.05, 4.69) is 10.4 Å². The summed E-state index contributed by atoms with van der Waals surface area (Å²) < 4.78 is 38.5. The van der Waals surface area contributed by atoms with Gasteiger partial charge in [-0.2, -0.15) is 18.3 Å². The number of nitrogens with one attached hydrogen (secondary N) is 1. The third-order valence-corrected chi connectivity index (χ3v) is 3.89. The number of rotatable bonds is 4. The van der Waals surface area contributed by atoms with Gasteiger partial charge in [0.15, 0.2) is 5.69 Å². The molecule has 3 aromatic rings. The van der Waals surface area contributed by atoms with Gasteiger partial charge >= 0.3 is 6.18 Å². The van der Waals surface area contributed by atoms with E-state index in [9.17, 15) is 27.6 Å². The number of anilines is 1. The Morgan fingerprint density at radius 2 is 1.64 bits per heavy atom. The number of hydrogen-bond acceptors (Lipinski definition) is 4. The molecule has 7 nitrogen and oxygen atoms in total. The first-order valence-electron chi connectivity index (χ1n) is 7.93. The Hall–Kier alpha value is -3.69. The lowest BCUT2D eigenvalue weighted by atomic mass is 10.1. The number of primary amides is 1. The number of carbonyl (C=O) groups is 2. The van der Waals surface area contributed by atoms with Crippen molar-refractivity contribution in [3.05, 3.63) is 70.1 Å². The lowest BCUT2D eigenvalue weighted by molar-refractivity contribution is -0.137. The Bertz CT molecular complexity index is 1120. The van der Waals surface area contributed by atoms with E-state index in [0.717, 1.165) is 28.9 Å². The van der Waals surface area contributed by atoms with E-state index in [4.69, 9.17) is 5.73 Å². The van der Waals surface area contributed by atoms with Crippen LogP contribution in [0.1, 0.15) is 16.1 Å². The second-order valence-corrected chi connectivity index (χ2v) is 5.84. The highest BCUT2D eigenvalue weighted by Crippen LogP contribution is 2.29. The van der Waals surface area contributed by atoms with Gasteiger partial charge in [-0.3, -0.25) is 14.4 Å². The fraction of sp³-hybridized carbons (Fsp3) is 0.111. The monoisotopic (exact) mass is 390 g/mol. The van der Waals surface area contributed by atoms with Crippen molar-refractivity contribution in [3.8, 4) is 0 Å². The fourth-order valence-electron chi connectivity index (χ4n) is 2.60. The normalized spacial score (nSPS) is 11.4. The zero-order valence-electron chi connectivity index (χ0n) is 14.2. The average Bonchev–Trinajstić information content (AvgIpc) is 2.63. The molecule has 3 N–H and O–H groups in total. The van der Waals surface area contributed by atoms with Crippen molar-refractivity contribution in [2.75, 3.05) is 5.32 Å². The fourth-order valence-corrected chi connectivity index (χ4v) is 2.60. The lowest BCUT2D eigenvalue weighted by Crippen LogP contribution is -2.32. The first kappa shape index (κ1) is 19.1. The number of carbonyl (C=O) groups excluding carboxylic acids is 2. The van der Waals surface area contributed by atoms with Crippen LogP contribution >= 0.6 is 0 Å². The number of alkyl halides is 3. The number of benzene rings is 2. The molecule has 0 radical (unpaired) electrons. The predicted molar refractivity (Wildman–Crippen MR) is 94.6 cm³/mol. The summed E-state index contributed by atoms with van der Waals surface area (Å²) >= 11 is 0. The van der Waals surface area contributed by atoms with E-state index in [1.54, 1.807) is 12.1 Å². The Labute approximate surface area is 155 Å². The van der Waals surface area contributed by atoms with Crippen LogP contribution in [-0.2, 0) is 17.5 Å². The molecule has 0 aliphatic carbocycles. The van der Waals surface area contributed by atoms with Crippen molar-refractivity contribution in [2.24, 2.45) is 5.73 Å². The van der Waals surface area contributed by atoms with Crippen LogP contribution in [0.15, 0.2) is 53.3 Å². The molecule has 1 aromatic heterocycles. The second kappa shape index (κ2) is 7.14. The molecule has 0 spiro atoms. The van der Waals surface area contributed by atoms with Gasteiger partial charge in [-0.05, 0) is 30.3 Å². The first-order chi connectivity index (χ1) is 13.2. The minimum absolute atomic E-state index is 0.113. The van der Waals surface area contributed by atoms with E-state index in [1.807, 2.05) is 0 Å². The van der Waals surface area contributed by atoms with Crippen molar-refractivity contribution in [1.29, 1.82) is 0 Å². The molecule has 0 fully saturated rings. The number of amides is 2. The standard InChI is InChI=1S/C18H13F3N4O3/c19-18(20,21)10-5-7-11(8-6-10)23-14(26)9-25-17(28)13-4-2-1-3-12(13)15(24-25)16(22)27/h1-8H,9H2,(H2,22,27)(H,23,26). The lowest BCUT2D eigenvalue weighted by Gasteiger charge is -2.11. The Kier molecular flexibility index (Phi) is 4.87. The topological polar surface area (TPSA) is 107 Å². The van der Waals surface area contributed by atoms with Gasteiger partial charge in [0.25, 0.3) is 11.5 Å². The maximum Gasteiger partial charge on any atom is 0.416 e. The van der Waals surface area contributed by atoms with Crippen molar-refractivity contribution in [2.45, 2.75) is 12.7 Å². The molecule has 2 aromatic carbocycles. The number of nitrogens with zero attached hydrogens (tertiary/aromatic N) is 2. The molecule has 2 amide bonds. The van der Waals surface area contributed by atoms with E-state index in [1.165, 1.54) is 12.1 Å². The number of nitrogens with two attached hydrogens (primary N) is 1. The zero-order valence-corrected chi connectivity index (χ0v) is 14.2. The van der Waals surface area contributed by atoms with Gasteiger partial charge in [-0.15, -0.1) is 0 Å². The number of hydrogen-bond donors (Lipinski definition) is 2. The van der Waals surface area contributed by atoms with Gasteiger partial charge in [0.2, 0.25) is 5.91 Å². The summed E-state index contributed by atoms with van der Waals surface area (Å²) in [6.45, 7) is -0.551. The van der Waals surface area contributed by atoms with Crippen molar-refractivity contribution in [3.63, 3.8) is 0 Å². The summed E-state index contributed by atoms with van der Waals surface area (Å²) in [5, 5.41) is 6.64. The highest BCUT2D eigenvalue weighted by molar-refractivity contribution is 6.04. The van der Waals surface area contributed by atoms with Crippen LogP contribution in [0.2, 0.25) is 0 Å². The number of aromatic nitrogens is 2. The van der Waals surface area contributed by atoms with E-state index in [-0.39, 0.29) is 22.2 Å². The first-order valence-corrected chi connectivity index (χ1v) is 7.93. The van der Waals surface area contributed by atoms with E-state index in [0.29, 0.717) is 0 Å². The van der Waals surface area contributed by atoms with Crippen LogP contribution in [0, 0.1) is 0 Å². The molecule has 0 aliphatic heterocycles. The van der Waals surface area contributed by atoms with Gasteiger partial charge in [-0.1, -0.05) is 18.2 Å². The molecule has 3 rings (SSSR count). The minimum Gasteiger partial charge on any atom is -0.364 e. The van der Waals surface area contributed by atoms with Crippen molar-refractivity contribution in [1.82, 2.24) is 9.78 Å². The number of halogens is 3. The van der Waals surface area contributed by atoms with Gasteiger partial charge in [0.05, 0.1) is 10.9 Å². The molecule has 28 heavy (non-hydrogen) atoms. The summed E-state index contributed by atoms with van der Waals surface area (Å²) in [6.07, 6.45) is -4.49. The quantitative estimate of drug-likeness (QED) is 0.712. The van der Waals surface area contributed by atoms with Crippen LogP contribution in [-0.4, -0.2) is 21.6 Å². The maximum absolute atomic E-state index is 12.6. The largest absolute Gasteiger partial charge is 0.416 e. The summed E-state index contributed by atoms with van der Waals surface area (Å²) in [7, 11) is 0. The molecular weight excluding hydrogens is 377 g/mol. The van der Waals surface area contributed by atoms with Crippen molar-refractivity contribution < 1.29 is 22.8 Å². The smallest absolute Gasteiger partial charge is 0.364 e. The van der Waals surface area contributed by atoms with Crippen molar-refractivity contribution >= 4 is 28.3 Å². The van der Waals surface area contributed by atoms with Crippen LogP contribution in [0.3, 0.4) is 0 Å². The molecule has 0 saturated carbocycles. The third kappa shape index (κ3) is 3.85. The highest BCUT2D eigenvalue weighted by Gasteiger charge is 2.30. The number of fused-ring (bicyclic) bond motifs is 1. The third-order valence-electron chi connectivity index (χ3n) is 3.89. The summed E-state index contributed by atoms with van der Waals surface area (Å²) in [5.74, 6) is -1.58. The summed E-state index contributed by atoms with van der Waals surface area (Å²) in [5.41, 5.74) is 3.77. The van der Waals surface area contributed by atoms with Crippen LogP contribution in [0.5, 0.6) is 0 Å².